The number of benzene rings is 2. The molecule has 0 bridgehead atoms. The van der Waals surface area contributed by atoms with E-state index in [2.05, 4.69) is 75.6 Å². The fourth-order valence-corrected chi connectivity index (χ4v) is 3.39. The molecule has 0 saturated heterocycles. The monoisotopic (exact) mass is 347 g/mol. The van der Waals surface area contributed by atoms with Gasteiger partial charge in [0.2, 0.25) is 0 Å². The van der Waals surface area contributed by atoms with Crippen molar-refractivity contribution in [1.29, 1.82) is 0 Å². The Hall–Kier alpha value is -1.23. The summed E-state index contributed by atoms with van der Waals surface area (Å²) >= 11 is 5.26. The van der Waals surface area contributed by atoms with Crippen molar-refractivity contribution in [2.45, 2.75) is 19.5 Å². The number of nitrogens with zero attached hydrogens (tertiary/aromatic N) is 1. The second kappa shape index (κ2) is 6.04. The first kappa shape index (κ1) is 13.7. The van der Waals surface area contributed by atoms with Crippen molar-refractivity contribution in [2.75, 3.05) is 0 Å². The summed E-state index contributed by atoms with van der Waals surface area (Å²) in [7, 11) is 0. The number of halogens is 1. The minimum absolute atomic E-state index is 0.440. The van der Waals surface area contributed by atoms with Gasteiger partial charge in [0.25, 0.3) is 0 Å². The molecule has 0 radical (unpaired) electrons. The lowest BCUT2D eigenvalue weighted by atomic mass is 10.1. The molecule has 0 unspecified atom stereocenters. The smallest absolute Gasteiger partial charge is 0.148 e. The highest BCUT2D eigenvalue weighted by Crippen LogP contribution is 2.21. The molecule has 2 nitrogen and oxygen atoms in total. The van der Waals surface area contributed by atoms with Gasteiger partial charge in [0.1, 0.15) is 17.6 Å². The molecule has 0 spiro atoms. The van der Waals surface area contributed by atoms with E-state index < -0.39 is 0 Å². The van der Waals surface area contributed by atoms with Crippen molar-refractivity contribution in [1.82, 2.24) is 4.98 Å². The number of hydrogen-bond acceptors (Lipinski definition) is 2. The minimum Gasteiger partial charge on any atom is -0.335 e. The van der Waals surface area contributed by atoms with Crippen LogP contribution in [0, 0.1) is 0 Å². The van der Waals surface area contributed by atoms with Crippen LogP contribution in [0.5, 0.6) is 0 Å². The zero-order valence-electron chi connectivity index (χ0n) is 11.2. The topological polar surface area (TPSA) is 29.5 Å². The van der Waals surface area contributed by atoms with Crippen LogP contribution in [0.25, 0.3) is 10.2 Å². The van der Waals surface area contributed by atoms with E-state index in [0.29, 0.717) is 6.04 Å². The number of rotatable bonds is 4. The van der Waals surface area contributed by atoms with Crippen LogP contribution in [-0.4, -0.2) is 4.98 Å². The van der Waals surface area contributed by atoms with E-state index in [9.17, 15) is 0 Å². The molecule has 102 valence electrons. The first-order valence-corrected chi connectivity index (χ1v) is 8.26. The van der Waals surface area contributed by atoms with Crippen molar-refractivity contribution in [2.24, 2.45) is 0 Å². The third-order valence-electron chi connectivity index (χ3n) is 3.38. The second-order valence-corrected chi connectivity index (χ2v) is 6.89. The van der Waals surface area contributed by atoms with Gasteiger partial charge in [-0.2, -0.15) is 0 Å². The summed E-state index contributed by atoms with van der Waals surface area (Å²) in [6, 6.07) is 17.3. The van der Waals surface area contributed by atoms with Gasteiger partial charge in [-0.05, 0) is 31.2 Å². The molecule has 2 aromatic carbocycles. The molecule has 0 aliphatic carbocycles. The van der Waals surface area contributed by atoms with E-state index in [1.54, 1.807) is 11.3 Å². The second-order valence-electron chi connectivity index (χ2n) is 4.86. The van der Waals surface area contributed by atoms with E-state index in [-0.39, 0.29) is 0 Å². The Labute approximate surface area is 131 Å². The SMILES string of the molecule is C[C@H]([NH2+]Cc1nc2ccccc2s1)c1ccc(Br)cc1. The third-order valence-corrected chi connectivity index (χ3v) is 4.97. The Kier molecular flexibility index (Phi) is 4.15. The molecule has 1 heterocycles. The van der Waals surface area contributed by atoms with Crippen molar-refractivity contribution in [3.63, 3.8) is 0 Å². The van der Waals surface area contributed by atoms with E-state index in [1.807, 2.05) is 6.07 Å². The number of nitrogens with two attached hydrogens (primary N) is 1. The quantitative estimate of drug-likeness (QED) is 0.762. The van der Waals surface area contributed by atoms with E-state index in [4.69, 9.17) is 0 Å². The maximum atomic E-state index is 4.67. The Morgan fingerprint density at radius 1 is 1.15 bits per heavy atom. The van der Waals surface area contributed by atoms with Crippen LogP contribution in [-0.2, 0) is 6.54 Å². The fourth-order valence-electron chi connectivity index (χ4n) is 2.19. The van der Waals surface area contributed by atoms with Gasteiger partial charge >= 0.3 is 0 Å². The van der Waals surface area contributed by atoms with Crippen molar-refractivity contribution >= 4 is 37.5 Å². The molecular formula is C16H16BrN2S+. The van der Waals surface area contributed by atoms with Gasteiger partial charge in [-0.15, -0.1) is 11.3 Å². The predicted molar refractivity (Wildman–Crippen MR) is 87.8 cm³/mol. The maximum Gasteiger partial charge on any atom is 0.148 e. The normalized spacial score (nSPS) is 12.7. The average molecular weight is 348 g/mol. The summed E-state index contributed by atoms with van der Waals surface area (Å²) in [6.45, 7) is 3.16. The summed E-state index contributed by atoms with van der Waals surface area (Å²) in [5.74, 6) is 0. The molecular weight excluding hydrogens is 332 g/mol. The van der Waals surface area contributed by atoms with Gasteiger partial charge in [0.15, 0.2) is 0 Å². The summed E-state index contributed by atoms with van der Waals surface area (Å²) < 4.78 is 2.40. The number of quaternary nitrogens is 1. The molecule has 0 aliphatic rings. The molecule has 0 fully saturated rings. The predicted octanol–water partition coefficient (Wildman–Crippen LogP) is 3.88. The van der Waals surface area contributed by atoms with Gasteiger partial charge in [0, 0.05) is 10.0 Å². The number of para-hydroxylation sites is 1. The van der Waals surface area contributed by atoms with E-state index in [0.717, 1.165) is 16.5 Å². The van der Waals surface area contributed by atoms with Crippen LogP contribution in [0.3, 0.4) is 0 Å². The highest BCUT2D eigenvalue weighted by Gasteiger charge is 2.10. The molecule has 1 atom stereocenters. The molecule has 3 aromatic rings. The Balaban J connectivity index is 1.68. The molecule has 20 heavy (non-hydrogen) atoms. The average Bonchev–Trinajstić information content (AvgIpc) is 2.88. The molecule has 0 aliphatic heterocycles. The molecule has 4 heteroatoms. The Morgan fingerprint density at radius 2 is 1.90 bits per heavy atom. The highest BCUT2D eigenvalue weighted by molar-refractivity contribution is 9.10. The lowest BCUT2D eigenvalue weighted by molar-refractivity contribution is -0.707. The first-order chi connectivity index (χ1) is 9.72. The van der Waals surface area contributed by atoms with Gasteiger partial charge in [-0.25, -0.2) is 4.98 Å². The van der Waals surface area contributed by atoms with Crippen LogP contribution >= 0.6 is 27.3 Å². The zero-order chi connectivity index (χ0) is 13.9. The summed E-state index contributed by atoms with van der Waals surface area (Å²) in [4.78, 5) is 4.67. The highest BCUT2D eigenvalue weighted by atomic mass is 79.9. The minimum atomic E-state index is 0.440. The van der Waals surface area contributed by atoms with Crippen molar-refractivity contribution in [3.8, 4) is 0 Å². The fraction of sp³-hybridized carbons (Fsp3) is 0.188. The van der Waals surface area contributed by atoms with E-state index in [1.165, 1.54) is 15.3 Å². The van der Waals surface area contributed by atoms with Crippen molar-refractivity contribution < 1.29 is 5.32 Å². The van der Waals surface area contributed by atoms with Crippen LogP contribution in [0.4, 0.5) is 0 Å². The molecule has 3 rings (SSSR count). The standard InChI is InChI=1S/C16H15BrN2S/c1-11(12-6-8-13(17)9-7-12)18-10-16-19-14-4-2-3-5-15(14)20-16/h2-9,11,18H,10H2,1H3/p+1/t11-/m0/s1. The summed E-state index contributed by atoms with van der Waals surface area (Å²) in [6.07, 6.45) is 0. The van der Waals surface area contributed by atoms with E-state index >= 15 is 0 Å². The Morgan fingerprint density at radius 3 is 2.65 bits per heavy atom. The lowest BCUT2D eigenvalue weighted by Gasteiger charge is -2.09. The molecule has 0 saturated carbocycles. The van der Waals surface area contributed by atoms with Crippen LogP contribution in [0.15, 0.2) is 53.0 Å². The number of fused-ring (bicyclic) bond motifs is 1. The maximum absolute atomic E-state index is 4.67. The van der Waals surface area contributed by atoms with Crippen LogP contribution in [0.2, 0.25) is 0 Å². The number of hydrogen-bond donors (Lipinski definition) is 1. The van der Waals surface area contributed by atoms with Crippen LogP contribution in [0.1, 0.15) is 23.5 Å². The largest absolute Gasteiger partial charge is 0.335 e. The number of aromatic nitrogens is 1. The Bertz CT molecular complexity index is 673. The van der Waals surface area contributed by atoms with Gasteiger partial charge in [-0.1, -0.05) is 40.2 Å². The van der Waals surface area contributed by atoms with Gasteiger partial charge in [0.05, 0.1) is 10.2 Å². The van der Waals surface area contributed by atoms with Crippen LogP contribution < -0.4 is 5.32 Å². The van der Waals surface area contributed by atoms with Crippen molar-refractivity contribution in [3.05, 3.63) is 63.6 Å². The summed E-state index contributed by atoms with van der Waals surface area (Å²) in [5.41, 5.74) is 2.45. The molecule has 1 aromatic heterocycles. The number of thiazole rings is 1. The lowest BCUT2D eigenvalue weighted by Crippen LogP contribution is -2.83. The summed E-state index contributed by atoms with van der Waals surface area (Å²) in [5, 5.41) is 3.52. The first-order valence-electron chi connectivity index (χ1n) is 6.65. The molecule has 2 N–H and O–H groups in total. The zero-order valence-corrected chi connectivity index (χ0v) is 13.6. The molecule has 0 amide bonds. The van der Waals surface area contributed by atoms with Gasteiger partial charge < -0.3 is 5.32 Å². The third kappa shape index (κ3) is 3.08. The van der Waals surface area contributed by atoms with Gasteiger partial charge in [-0.3, -0.25) is 0 Å².